The number of carbonyl (C=O) groups is 1. The summed E-state index contributed by atoms with van der Waals surface area (Å²) in [6, 6.07) is 3.86. The zero-order valence-electron chi connectivity index (χ0n) is 16.7. The number of fused-ring (bicyclic) bond motifs is 1. The Morgan fingerprint density at radius 1 is 0.964 bits per heavy atom. The van der Waals surface area contributed by atoms with Crippen molar-refractivity contribution >= 4 is 11.4 Å². The van der Waals surface area contributed by atoms with Gasteiger partial charge in [0.2, 0.25) is 0 Å². The van der Waals surface area contributed by atoms with E-state index in [0.717, 1.165) is 41.0 Å². The first-order valence-corrected chi connectivity index (χ1v) is 9.86. The Bertz CT molecular complexity index is 956. The van der Waals surface area contributed by atoms with Gasteiger partial charge in [-0.25, -0.2) is 0 Å². The van der Waals surface area contributed by atoms with Gasteiger partial charge in [-0.15, -0.1) is 0 Å². The normalized spacial score (nSPS) is 23.5. The number of rotatable bonds is 4. The fourth-order valence-corrected chi connectivity index (χ4v) is 4.29. The van der Waals surface area contributed by atoms with Gasteiger partial charge in [-0.05, 0) is 53.2 Å². The Balaban J connectivity index is 1.76. The molecule has 2 unspecified atom stereocenters. The van der Waals surface area contributed by atoms with Gasteiger partial charge in [0.05, 0.1) is 14.2 Å². The molecule has 0 heterocycles. The summed E-state index contributed by atoms with van der Waals surface area (Å²) in [5, 5.41) is 0. The highest BCUT2D eigenvalue weighted by atomic mass is 16.5. The molecule has 0 bridgehead atoms. The quantitative estimate of drug-likeness (QED) is 0.723. The van der Waals surface area contributed by atoms with Crippen LogP contribution in [-0.2, 0) is 11.2 Å². The number of methoxy groups -OCH3 is 2. The van der Waals surface area contributed by atoms with E-state index in [0.29, 0.717) is 12.3 Å². The van der Waals surface area contributed by atoms with Crippen LogP contribution in [0.3, 0.4) is 0 Å². The number of ether oxygens (including phenoxy) is 2. The molecule has 0 aliphatic heterocycles. The molecule has 4 rings (SSSR count). The molecule has 3 aliphatic carbocycles. The van der Waals surface area contributed by atoms with Crippen molar-refractivity contribution in [1.29, 1.82) is 0 Å². The van der Waals surface area contributed by atoms with Gasteiger partial charge in [0, 0.05) is 24.0 Å². The van der Waals surface area contributed by atoms with Crippen LogP contribution in [0.15, 0.2) is 65.8 Å². The molecule has 0 saturated heterocycles. The van der Waals surface area contributed by atoms with Gasteiger partial charge in [-0.2, -0.15) is 0 Å². The molecule has 0 fully saturated rings. The van der Waals surface area contributed by atoms with E-state index in [4.69, 9.17) is 9.47 Å². The summed E-state index contributed by atoms with van der Waals surface area (Å²) in [5.41, 5.74) is 5.56. The molecule has 0 radical (unpaired) electrons. The second-order valence-electron chi connectivity index (χ2n) is 7.71. The fourth-order valence-electron chi connectivity index (χ4n) is 4.29. The highest BCUT2D eigenvalue weighted by molar-refractivity contribution is 6.03. The second-order valence-corrected chi connectivity index (χ2v) is 7.71. The average Bonchev–Trinajstić information content (AvgIpc) is 2.72. The molecule has 144 valence electrons. The lowest BCUT2D eigenvalue weighted by molar-refractivity contribution is -0.114. The molecule has 0 spiro atoms. The number of allylic oxidation sites excluding steroid dienone is 10. The van der Waals surface area contributed by atoms with Gasteiger partial charge in [0.15, 0.2) is 5.78 Å². The van der Waals surface area contributed by atoms with Gasteiger partial charge in [-0.3, -0.25) is 4.79 Å². The lowest BCUT2D eigenvalue weighted by atomic mass is 9.78. The average molecular weight is 374 g/mol. The fraction of sp³-hybridized carbons (Fsp3) is 0.320. The number of hydrogen-bond acceptors (Lipinski definition) is 3. The molecule has 1 aromatic carbocycles. The second kappa shape index (κ2) is 7.67. The summed E-state index contributed by atoms with van der Waals surface area (Å²) in [7, 11) is 3.31. The van der Waals surface area contributed by atoms with Crippen molar-refractivity contribution in [1.82, 2.24) is 0 Å². The van der Waals surface area contributed by atoms with Gasteiger partial charge < -0.3 is 9.47 Å². The van der Waals surface area contributed by atoms with Crippen LogP contribution in [-0.4, -0.2) is 20.0 Å². The molecule has 3 nitrogen and oxygen atoms in total. The van der Waals surface area contributed by atoms with E-state index in [1.54, 1.807) is 14.2 Å². The Kier molecular flexibility index (Phi) is 5.08. The van der Waals surface area contributed by atoms with Gasteiger partial charge >= 0.3 is 0 Å². The maximum absolute atomic E-state index is 12.5. The van der Waals surface area contributed by atoms with Crippen molar-refractivity contribution in [3.8, 4) is 11.5 Å². The first kappa shape index (κ1) is 18.5. The summed E-state index contributed by atoms with van der Waals surface area (Å²) < 4.78 is 11.1. The first-order valence-electron chi connectivity index (χ1n) is 9.86. The lowest BCUT2D eigenvalue weighted by Crippen LogP contribution is -2.16. The summed E-state index contributed by atoms with van der Waals surface area (Å²) in [6.45, 7) is 2.24. The third kappa shape index (κ3) is 3.49. The van der Waals surface area contributed by atoms with Crippen molar-refractivity contribution in [3.63, 3.8) is 0 Å². The van der Waals surface area contributed by atoms with Crippen molar-refractivity contribution in [3.05, 3.63) is 76.9 Å². The van der Waals surface area contributed by atoms with Crippen LogP contribution in [0.1, 0.15) is 30.9 Å². The lowest BCUT2D eigenvalue weighted by Gasteiger charge is -2.27. The Hall–Kier alpha value is -2.81. The van der Waals surface area contributed by atoms with Crippen LogP contribution < -0.4 is 9.47 Å². The summed E-state index contributed by atoms with van der Waals surface area (Å²) >= 11 is 0. The number of ketones is 1. The Labute approximate surface area is 166 Å². The van der Waals surface area contributed by atoms with Crippen LogP contribution in [0.5, 0.6) is 11.5 Å². The van der Waals surface area contributed by atoms with E-state index in [2.05, 4.69) is 43.4 Å². The van der Waals surface area contributed by atoms with Gasteiger partial charge in [0.25, 0.3) is 0 Å². The van der Waals surface area contributed by atoms with Crippen LogP contribution in [0, 0.1) is 11.8 Å². The van der Waals surface area contributed by atoms with Crippen LogP contribution in [0.4, 0.5) is 0 Å². The summed E-state index contributed by atoms with van der Waals surface area (Å²) in [5.74, 6) is 2.32. The molecule has 0 aromatic heterocycles. The predicted molar refractivity (Wildman–Crippen MR) is 113 cm³/mol. The molecule has 28 heavy (non-hydrogen) atoms. The Morgan fingerprint density at radius 2 is 1.71 bits per heavy atom. The summed E-state index contributed by atoms with van der Waals surface area (Å²) in [6.07, 6.45) is 17.7. The van der Waals surface area contributed by atoms with E-state index in [1.165, 1.54) is 11.1 Å². The third-order valence-corrected chi connectivity index (χ3v) is 5.65. The standard InChI is InChI=1S/C25H26O3/c1-16-6-4-7-17(10-16)18-8-5-9-19(11-18)23-14-21(26)12-20-13-22(27-2)15-24(28-3)25(20)23/h4-5,7-8,10-11,13-16,19H,6,9,12H2,1-3H3. The SMILES string of the molecule is COc1cc2c(c(OC)c1)C(C1C=C(C3=CC(C)CC=C3)C=CC1)=CC(=O)C2. The molecule has 0 N–H and O–H groups in total. The van der Waals surface area contributed by atoms with Crippen LogP contribution in [0.2, 0.25) is 0 Å². The predicted octanol–water partition coefficient (Wildman–Crippen LogP) is 5.24. The molecule has 3 heteroatoms. The van der Waals surface area contributed by atoms with Gasteiger partial charge in [-0.1, -0.05) is 43.4 Å². The molecule has 0 amide bonds. The summed E-state index contributed by atoms with van der Waals surface area (Å²) in [4.78, 5) is 12.5. The van der Waals surface area contributed by atoms with Crippen LogP contribution >= 0.6 is 0 Å². The largest absolute Gasteiger partial charge is 0.497 e. The van der Waals surface area contributed by atoms with E-state index in [1.807, 2.05) is 18.2 Å². The maximum atomic E-state index is 12.5. The minimum absolute atomic E-state index is 0.132. The minimum Gasteiger partial charge on any atom is -0.497 e. The van der Waals surface area contributed by atoms with E-state index in [9.17, 15) is 4.79 Å². The minimum atomic E-state index is 0.132. The van der Waals surface area contributed by atoms with Crippen LogP contribution in [0.25, 0.3) is 5.57 Å². The van der Waals surface area contributed by atoms with E-state index < -0.39 is 0 Å². The monoisotopic (exact) mass is 374 g/mol. The molecule has 2 atom stereocenters. The molecule has 0 saturated carbocycles. The topological polar surface area (TPSA) is 35.5 Å². The molecule has 1 aromatic rings. The third-order valence-electron chi connectivity index (χ3n) is 5.65. The smallest absolute Gasteiger partial charge is 0.160 e. The maximum Gasteiger partial charge on any atom is 0.160 e. The van der Waals surface area contributed by atoms with Gasteiger partial charge in [0.1, 0.15) is 11.5 Å². The first-order chi connectivity index (χ1) is 13.6. The van der Waals surface area contributed by atoms with E-state index in [-0.39, 0.29) is 11.7 Å². The molecule has 3 aliphatic rings. The van der Waals surface area contributed by atoms with Crippen molar-refractivity contribution < 1.29 is 14.3 Å². The molecular formula is C25H26O3. The van der Waals surface area contributed by atoms with Crippen molar-refractivity contribution in [2.24, 2.45) is 11.8 Å². The zero-order valence-corrected chi connectivity index (χ0v) is 16.7. The zero-order chi connectivity index (χ0) is 19.7. The van der Waals surface area contributed by atoms with Crippen molar-refractivity contribution in [2.75, 3.05) is 14.2 Å². The van der Waals surface area contributed by atoms with E-state index >= 15 is 0 Å². The molecular weight excluding hydrogens is 348 g/mol. The van der Waals surface area contributed by atoms with Crippen molar-refractivity contribution in [2.45, 2.75) is 26.2 Å². The number of carbonyl (C=O) groups excluding carboxylic acids is 1. The highest BCUT2D eigenvalue weighted by Crippen LogP contribution is 2.43. The number of hydrogen-bond donors (Lipinski definition) is 0. The number of benzene rings is 1. The Morgan fingerprint density at radius 3 is 2.43 bits per heavy atom. The highest BCUT2D eigenvalue weighted by Gasteiger charge is 2.28.